The van der Waals surface area contributed by atoms with Gasteiger partial charge in [0, 0.05) is 17.1 Å². The number of carbonyl (C=O) groups excluding carboxylic acids is 1. The van der Waals surface area contributed by atoms with Gasteiger partial charge in [-0.05, 0) is 31.4 Å². The molecule has 1 aliphatic rings. The van der Waals surface area contributed by atoms with E-state index in [0.29, 0.717) is 16.4 Å². The van der Waals surface area contributed by atoms with Gasteiger partial charge in [-0.25, -0.2) is 0 Å². The van der Waals surface area contributed by atoms with Crippen LogP contribution in [-0.2, 0) is 4.79 Å². The third kappa shape index (κ3) is 4.12. The van der Waals surface area contributed by atoms with Gasteiger partial charge in [-0.15, -0.1) is 0 Å². The van der Waals surface area contributed by atoms with Crippen molar-refractivity contribution in [2.45, 2.75) is 70.5 Å². The highest BCUT2D eigenvalue weighted by Gasteiger charge is 2.34. The Labute approximate surface area is 105 Å². The van der Waals surface area contributed by atoms with Crippen LogP contribution in [0.4, 0.5) is 0 Å². The second-order valence-corrected chi connectivity index (χ2v) is 6.95. The summed E-state index contributed by atoms with van der Waals surface area (Å²) < 4.78 is 0.364. The van der Waals surface area contributed by atoms with Gasteiger partial charge in [0.1, 0.15) is 5.78 Å². The van der Waals surface area contributed by atoms with Crippen LogP contribution in [0.25, 0.3) is 0 Å². The van der Waals surface area contributed by atoms with Crippen LogP contribution in [-0.4, -0.2) is 16.3 Å². The maximum absolute atomic E-state index is 12.1. The summed E-state index contributed by atoms with van der Waals surface area (Å²) >= 11 is 2.06. The first-order chi connectivity index (χ1) is 7.61. The number of thioether (sulfide) groups is 1. The molecular weight excluding hydrogens is 216 g/mol. The fourth-order valence-corrected chi connectivity index (χ4v) is 3.82. The van der Waals surface area contributed by atoms with E-state index >= 15 is 0 Å². The van der Waals surface area contributed by atoms with E-state index in [9.17, 15) is 4.79 Å². The van der Waals surface area contributed by atoms with Gasteiger partial charge in [-0.2, -0.15) is 11.8 Å². The molecule has 2 heteroatoms. The molecule has 0 bridgehead atoms. The molecule has 1 aliphatic heterocycles. The lowest BCUT2D eigenvalue weighted by Gasteiger charge is -2.36. The first-order valence-electron chi connectivity index (χ1n) is 6.78. The average Bonchev–Trinajstić information content (AvgIpc) is 2.29. The summed E-state index contributed by atoms with van der Waals surface area (Å²) in [5.41, 5.74) is 0. The zero-order valence-corrected chi connectivity index (χ0v) is 11.9. The van der Waals surface area contributed by atoms with Gasteiger partial charge < -0.3 is 0 Å². The average molecular weight is 242 g/mol. The van der Waals surface area contributed by atoms with E-state index in [2.05, 4.69) is 32.5 Å². The van der Waals surface area contributed by atoms with Gasteiger partial charge in [0.15, 0.2) is 0 Å². The van der Waals surface area contributed by atoms with Gasteiger partial charge in [-0.3, -0.25) is 4.79 Å². The van der Waals surface area contributed by atoms with Crippen molar-refractivity contribution in [3.63, 3.8) is 0 Å². The molecule has 1 nitrogen and oxygen atoms in total. The smallest absolute Gasteiger partial charge is 0.136 e. The highest BCUT2D eigenvalue weighted by Crippen LogP contribution is 2.41. The molecule has 0 aromatic heterocycles. The molecule has 0 radical (unpaired) electrons. The Bertz CT molecular complexity index is 227. The van der Waals surface area contributed by atoms with E-state index in [1.54, 1.807) is 0 Å². The van der Waals surface area contributed by atoms with E-state index in [1.807, 2.05) is 0 Å². The second-order valence-electron chi connectivity index (χ2n) is 5.27. The summed E-state index contributed by atoms with van der Waals surface area (Å²) in [5.74, 6) is 2.07. The van der Waals surface area contributed by atoms with Gasteiger partial charge >= 0.3 is 0 Å². The number of carbonyl (C=O) groups is 1. The van der Waals surface area contributed by atoms with Crippen molar-refractivity contribution in [2.24, 2.45) is 5.92 Å². The Hall–Kier alpha value is 0.0200. The summed E-state index contributed by atoms with van der Waals surface area (Å²) in [4.78, 5) is 12.1. The van der Waals surface area contributed by atoms with Crippen molar-refractivity contribution < 1.29 is 4.79 Å². The van der Waals surface area contributed by atoms with E-state index < -0.39 is 0 Å². The molecule has 1 heterocycles. The Morgan fingerprint density at radius 1 is 1.38 bits per heavy atom. The van der Waals surface area contributed by atoms with Crippen LogP contribution in [0.3, 0.4) is 0 Å². The van der Waals surface area contributed by atoms with E-state index in [-0.39, 0.29) is 0 Å². The Morgan fingerprint density at radius 3 is 2.75 bits per heavy atom. The molecule has 0 aliphatic carbocycles. The molecule has 94 valence electrons. The summed E-state index contributed by atoms with van der Waals surface area (Å²) in [7, 11) is 0. The van der Waals surface area contributed by atoms with E-state index in [4.69, 9.17) is 0 Å². The zero-order valence-electron chi connectivity index (χ0n) is 11.1. The van der Waals surface area contributed by atoms with Crippen molar-refractivity contribution in [2.75, 3.05) is 5.75 Å². The fraction of sp³-hybridized carbons (Fsp3) is 0.929. The van der Waals surface area contributed by atoms with Crippen LogP contribution >= 0.6 is 11.8 Å². The molecule has 1 rings (SSSR count). The van der Waals surface area contributed by atoms with Crippen molar-refractivity contribution in [1.29, 1.82) is 0 Å². The number of hydrogen-bond donors (Lipinski definition) is 0. The van der Waals surface area contributed by atoms with Crippen LogP contribution in [0.2, 0.25) is 0 Å². The van der Waals surface area contributed by atoms with Crippen LogP contribution in [0.1, 0.15) is 65.7 Å². The molecule has 0 aromatic carbocycles. The second kappa shape index (κ2) is 6.68. The minimum absolute atomic E-state index is 0.364. The highest BCUT2D eigenvalue weighted by molar-refractivity contribution is 8.00. The quantitative estimate of drug-likeness (QED) is 0.640. The zero-order chi connectivity index (χ0) is 12.0. The standard InChI is InChI=1S/C14H26OS/c1-4-6-7-8-13(15)12-9-10-16-14(3,5-2)11-12/h12H,4-11H2,1-3H3/t12-,14-/m0/s1. The Balaban J connectivity index is 2.38. The molecule has 0 aromatic rings. The van der Waals surface area contributed by atoms with Crippen LogP contribution in [0.5, 0.6) is 0 Å². The largest absolute Gasteiger partial charge is 0.299 e. The molecule has 16 heavy (non-hydrogen) atoms. The number of hydrogen-bond acceptors (Lipinski definition) is 2. The van der Waals surface area contributed by atoms with Crippen LogP contribution < -0.4 is 0 Å². The molecule has 2 atom stereocenters. The lowest BCUT2D eigenvalue weighted by molar-refractivity contribution is -0.123. The number of rotatable bonds is 6. The summed E-state index contributed by atoms with van der Waals surface area (Å²) in [6.07, 6.45) is 7.75. The molecular formula is C14H26OS. The SMILES string of the molecule is CCCCCC(=O)[C@H]1CCS[C@@](C)(CC)C1. The Kier molecular flexibility index (Phi) is 5.88. The first kappa shape index (κ1) is 14.1. The third-order valence-electron chi connectivity index (χ3n) is 3.82. The molecule has 1 saturated heterocycles. The highest BCUT2D eigenvalue weighted by atomic mass is 32.2. The van der Waals surface area contributed by atoms with Gasteiger partial charge in [-0.1, -0.05) is 33.6 Å². The molecule has 0 saturated carbocycles. The number of Topliss-reactive ketones (excluding diaryl/α,β-unsaturated/α-hetero) is 1. The predicted molar refractivity (Wildman–Crippen MR) is 73.0 cm³/mol. The summed E-state index contributed by atoms with van der Waals surface area (Å²) in [6.45, 7) is 6.76. The molecule has 0 amide bonds. The molecule has 0 spiro atoms. The summed E-state index contributed by atoms with van der Waals surface area (Å²) in [5, 5.41) is 0. The first-order valence-corrected chi connectivity index (χ1v) is 7.76. The number of ketones is 1. The monoisotopic (exact) mass is 242 g/mol. The van der Waals surface area contributed by atoms with E-state index in [1.165, 1.54) is 25.0 Å². The topological polar surface area (TPSA) is 17.1 Å². The molecule has 0 N–H and O–H groups in total. The van der Waals surface area contributed by atoms with Crippen molar-refractivity contribution in [3.05, 3.63) is 0 Å². The Morgan fingerprint density at radius 2 is 2.12 bits per heavy atom. The van der Waals surface area contributed by atoms with Gasteiger partial charge in [0.05, 0.1) is 0 Å². The summed E-state index contributed by atoms with van der Waals surface area (Å²) in [6, 6.07) is 0. The van der Waals surface area contributed by atoms with Crippen LogP contribution in [0.15, 0.2) is 0 Å². The van der Waals surface area contributed by atoms with E-state index in [0.717, 1.165) is 25.7 Å². The lowest BCUT2D eigenvalue weighted by Crippen LogP contribution is -2.32. The minimum atomic E-state index is 0.364. The lowest BCUT2D eigenvalue weighted by atomic mass is 9.86. The molecule has 0 unspecified atom stereocenters. The van der Waals surface area contributed by atoms with Crippen LogP contribution in [0, 0.1) is 5.92 Å². The van der Waals surface area contributed by atoms with Gasteiger partial charge in [0.25, 0.3) is 0 Å². The van der Waals surface area contributed by atoms with Crippen molar-refractivity contribution in [3.8, 4) is 0 Å². The van der Waals surface area contributed by atoms with Crippen molar-refractivity contribution in [1.82, 2.24) is 0 Å². The maximum Gasteiger partial charge on any atom is 0.136 e. The maximum atomic E-state index is 12.1. The number of unbranched alkanes of at least 4 members (excludes halogenated alkanes) is 2. The minimum Gasteiger partial charge on any atom is -0.299 e. The molecule has 1 fully saturated rings. The third-order valence-corrected chi connectivity index (χ3v) is 5.42. The fourth-order valence-electron chi connectivity index (χ4n) is 2.40. The predicted octanol–water partition coefficient (Wildman–Crippen LogP) is 4.45. The normalized spacial score (nSPS) is 30.3. The van der Waals surface area contributed by atoms with Crippen molar-refractivity contribution >= 4 is 17.5 Å². The van der Waals surface area contributed by atoms with Gasteiger partial charge in [0.2, 0.25) is 0 Å².